The Kier molecular flexibility index (Phi) is 7.49. The van der Waals surface area contributed by atoms with Gasteiger partial charge in [0.1, 0.15) is 0 Å². The number of hydrogen-bond donors (Lipinski definition) is 1. The third-order valence-corrected chi connectivity index (χ3v) is 4.74. The van der Waals surface area contributed by atoms with E-state index in [0.717, 1.165) is 50.2 Å². The van der Waals surface area contributed by atoms with E-state index < -0.39 is 0 Å². The van der Waals surface area contributed by atoms with Crippen LogP contribution in [0.1, 0.15) is 43.5 Å². The van der Waals surface area contributed by atoms with Gasteiger partial charge in [-0.15, -0.1) is 0 Å². The molecule has 1 N–H and O–H groups in total. The Balaban J connectivity index is 1.63. The van der Waals surface area contributed by atoms with Gasteiger partial charge in [0.05, 0.1) is 5.75 Å². The molecule has 2 rings (SSSR count). The molecule has 0 bridgehead atoms. The van der Waals surface area contributed by atoms with E-state index in [-0.39, 0.29) is 11.8 Å². The molecule has 2 amide bonds. The molecule has 1 saturated heterocycles. The molecule has 0 spiro atoms. The number of hydrogen-bond acceptors (Lipinski definition) is 5. The molecular weight excluding hydrogens is 324 g/mol. The van der Waals surface area contributed by atoms with Gasteiger partial charge in [-0.3, -0.25) is 9.59 Å². The van der Waals surface area contributed by atoms with Crippen molar-refractivity contribution >= 4 is 23.6 Å². The third kappa shape index (κ3) is 6.47. The second-order valence-corrected chi connectivity index (χ2v) is 7.06. The summed E-state index contributed by atoms with van der Waals surface area (Å²) in [6.45, 7) is 6.02. The Labute approximate surface area is 147 Å². The highest BCUT2D eigenvalue weighted by atomic mass is 32.2. The highest BCUT2D eigenvalue weighted by Gasteiger charge is 2.15. The molecule has 1 aliphatic heterocycles. The zero-order valence-electron chi connectivity index (χ0n) is 14.5. The van der Waals surface area contributed by atoms with Gasteiger partial charge in [-0.25, -0.2) is 9.97 Å². The maximum atomic E-state index is 11.9. The Morgan fingerprint density at radius 3 is 2.75 bits per heavy atom. The number of aromatic nitrogens is 2. The van der Waals surface area contributed by atoms with Crippen molar-refractivity contribution < 1.29 is 9.59 Å². The summed E-state index contributed by atoms with van der Waals surface area (Å²) in [7, 11) is 0. The number of aryl methyl sites for hydroxylation is 2. The average molecular weight is 350 g/mol. The molecular formula is C17H26N4O2S. The lowest BCUT2D eigenvalue weighted by molar-refractivity contribution is -0.130. The van der Waals surface area contributed by atoms with Crippen LogP contribution in [0.5, 0.6) is 0 Å². The molecule has 132 valence electrons. The monoisotopic (exact) mass is 350 g/mol. The topological polar surface area (TPSA) is 75.2 Å². The van der Waals surface area contributed by atoms with E-state index in [0.29, 0.717) is 23.9 Å². The average Bonchev–Trinajstić information content (AvgIpc) is 2.73. The molecule has 1 fully saturated rings. The van der Waals surface area contributed by atoms with Gasteiger partial charge in [0, 0.05) is 37.4 Å². The van der Waals surface area contributed by atoms with Crippen LogP contribution in [0.2, 0.25) is 0 Å². The Morgan fingerprint density at radius 2 is 2.00 bits per heavy atom. The fourth-order valence-corrected chi connectivity index (χ4v) is 3.49. The molecule has 2 heterocycles. The van der Waals surface area contributed by atoms with Gasteiger partial charge in [0.15, 0.2) is 5.16 Å². The molecule has 1 aromatic rings. The quantitative estimate of drug-likeness (QED) is 0.463. The molecule has 0 unspecified atom stereocenters. The van der Waals surface area contributed by atoms with Crippen molar-refractivity contribution in [2.45, 2.75) is 51.1 Å². The second-order valence-electron chi connectivity index (χ2n) is 6.12. The van der Waals surface area contributed by atoms with Gasteiger partial charge < -0.3 is 10.2 Å². The summed E-state index contributed by atoms with van der Waals surface area (Å²) in [4.78, 5) is 34.3. The van der Waals surface area contributed by atoms with Crippen LogP contribution in [0.25, 0.3) is 0 Å². The van der Waals surface area contributed by atoms with Crippen molar-refractivity contribution in [3.05, 3.63) is 17.5 Å². The number of amides is 2. The van der Waals surface area contributed by atoms with Crippen molar-refractivity contribution in [2.75, 3.05) is 25.4 Å². The Morgan fingerprint density at radius 1 is 1.25 bits per heavy atom. The van der Waals surface area contributed by atoms with Crippen LogP contribution in [-0.4, -0.2) is 52.1 Å². The van der Waals surface area contributed by atoms with Crippen LogP contribution < -0.4 is 5.32 Å². The van der Waals surface area contributed by atoms with Crippen LogP contribution >= 0.6 is 11.8 Å². The maximum Gasteiger partial charge on any atom is 0.230 e. The second kappa shape index (κ2) is 9.61. The smallest absolute Gasteiger partial charge is 0.230 e. The van der Waals surface area contributed by atoms with Gasteiger partial charge in [0.25, 0.3) is 0 Å². The third-order valence-electron chi connectivity index (χ3n) is 3.89. The van der Waals surface area contributed by atoms with Crippen molar-refractivity contribution in [1.82, 2.24) is 20.2 Å². The maximum absolute atomic E-state index is 11.9. The number of thioether (sulfide) groups is 1. The fraction of sp³-hybridized carbons (Fsp3) is 0.647. The Bertz CT molecular complexity index is 559. The van der Waals surface area contributed by atoms with Crippen LogP contribution in [0.3, 0.4) is 0 Å². The number of nitrogens with one attached hydrogen (secondary N) is 1. The van der Waals surface area contributed by atoms with Gasteiger partial charge >= 0.3 is 0 Å². The molecule has 6 nitrogen and oxygen atoms in total. The predicted molar refractivity (Wildman–Crippen MR) is 94.9 cm³/mol. The molecule has 0 aliphatic carbocycles. The first-order chi connectivity index (χ1) is 11.5. The normalized spacial score (nSPS) is 15.2. The SMILES string of the molecule is Cc1cc(C)nc(SCC(=O)NCCCN2CCCCCC2=O)n1. The van der Waals surface area contributed by atoms with Crippen LogP contribution in [-0.2, 0) is 9.59 Å². The van der Waals surface area contributed by atoms with E-state index in [2.05, 4.69) is 15.3 Å². The molecule has 24 heavy (non-hydrogen) atoms. The summed E-state index contributed by atoms with van der Waals surface area (Å²) in [5.74, 6) is 0.539. The lowest BCUT2D eigenvalue weighted by Gasteiger charge is -2.20. The van der Waals surface area contributed by atoms with Crippen LogP contribution in [0, 0.1) is 13.8 Å². The van der Waals surface area contributed by atoms with Gasteiger partial charge in [-0.2, -0.15) is 0 Å². The first kappa shape index (κ1) is 18.7. The number of rotatable bonds is 7. The molecule has 0 radical (unpaired) electrons. The van der Waals surface area contributed by atoms with Crippen molar-refractivity contribution in [3.63, 3.8) is 0 Å². The molecule has 0 atom stereocenters. The zero-order valence-corrected chi connectivity index (χ0v) is 15.3. The largest absolute Gasteiger partial charge is 0.355 e. The molecule has 0 saturated carbocycles. The van der Waals surface area contributed by atoms with Crippen molar-refractivity contribution in [1.29, 1.82) is 0 Å². The minimum absolute atomic E-state index is 0.0232. The van der Waals surface area contributed by atoms with E-state index in [4.69, 9.17) is 0 Å². The van der Waals surface area contributed by atoms with Crippen molar-refractivity contribution in [3.8, 4) is 0 Å². The summed E-state index contributed by atoms with van der Waals surface area (Å²) in [6, 6.07) is 1.91. The first-order valence-corrected chi connectivity index (χ1v) is 9.53. The van der Waals surface area contributed by atoms with E-state index in [1.807, 2.05) is 24.8 Å². The summed E-state index contributed by atoms with van der Waals surface area (Å²) in [5.41, 5.74) is 1.82. The number of carbonyl (C=O) groups is 2. The summed E-state index contributed by atoms with van der Waals surface area (Å²) < 4.78 is 0. The number of nitrogens with zero attached hydrogens (tertiary/aromatic N) is 3. The summed E-state index contributed by atoms with van der Waals surface area (Å²) in [5, 5.41) is 3.54. The van der Waals surface area contributed by atoms with Crippen LogP contribution in [0.4, 0.5) is 0 Å². The molecule has 1 aliphatic rings. The minimum Gasteiger partial charge on any atom is -0.355 e. The molecule has 1 aromatic heterocycles. The predicted octanol–water partition coefficient (Wildman–Crippen LogP) is 2.09. The lowest BCUT2D eigenvalue weighted by atomic mass is 10.2. The standard InChI is InChI=1S/C17H26N4O2S/c1-13-11-14(2)20-17(19-13)24-12-15(22)18-8-6-10-21-9-5-3-4-7-16(21)23/h11H,3-10,12H2,1-2H3,(H,18,22). The number of carbonyl (C=O) groups excluding carboxylic acids is 2. The summed E-state index contributed by atoms with van der Waals surface area (Å²) in [6.07, 6.45) is 4.69. The van der Waals surface area contributed by atoms with E-state index in [1.54, 1.807) is 0 Å². The van der Waals surface area contributed by atoms with Crippen LogP contribution in [0.15, 0.2) is 11.2 Å². The molecule has 7 heteroatoms. The van der Waals surface area contributed by atoms with Gasteiger partial charge in [0.2, 0.25) is 11.8 Å². The first-order valence-electron chi connectivity index (χ1n) is 8.54. The lowest BCUT2D eigenvalue weighted by Crippen LogP contribution is -2.34. The zero-order chi connectivity index (χ0) is 17.4. The molecule has 0 aromatic carbocycles. The fourth-order valence-electron chi connectivity index (χ4n) is 2.71. The minimum atomic E-state index is -0.0232. The van der Waals surface area contributed by atoms with E-state index >= 15 is 0 Å². The van der Waals surface area contributed by atoms with Crippen molar-refractivity contribution in [2.24, 2.45) is 0 Å². The van der Waals surface area contributed by atoms with E-state index in [1.165, 1.54) is 11.8 Å². The van der Waals surface area contributed by atoms with Gasteiger partial charge in [-0.05, 0) is 39.2 Å². The number of likely N-dealkylation sites (tertiary alicyclic amines) is 1. The van der Waals surface area contributed by atoms with E-state index in [9.17, 15) is 9.59 Å². The Hall–Kier alpha value is -1.63. The summed E-state index contributed by atoms with van der Waals surface area (Å²) >= 11 is 1.35. The van der Waals surface area contributed by atoms with Gasteiger partial charge in [-0.1, -0.05) is 18.2 Å². The highest BCUT2D eigenvalue weighted by Crippen LogP contribution is 2.13. The highest BCUT2D eigenvalue weighted by molar-refractivity contribution is 7.99.